The van der Waals surface area contributed by atoms with Crippen LogP contribution in [0.2, 0.25) is 5.15 Å². The largest absolute Gasteiger partial charge is 0.437 e. The first-order valence-electron chi connectivity index (χ1n) is 5.74. The van der Waals surface area contributed by atoms with E-state index in [1.807, 2.05) is 32.9 Å². The highest BCUT2D eigenvalue weighted by molar-refractivity contribution is 6.30. The van der Waals surface area contributed by atoms with Crippen LogP contribution in [0.4, 0.5) is 0 Å². The van der Waals surface area contributed by atoms with Crippen molar-refractivity contribution in [2.45, 2.75) is 27.2 Å². The summed E-state index contributed by atoms with van der Waals surface area (Å²) in [5.74, 6) is 1.84. The van der Waals surface area contributed by atoms with E-state index in [-0.39, 0.29) is 0 Å². The summed E-state index contributed by atoms with van der Waals surface area (Å²) in [7, 11) is 0. The van der Waals surface area contributed by atoms with Crippen LogP contribution in [0, 0.1) is 13.8 Å². The van der Waals surface area contributed by atoms with E-state index in [1.54, 1.807) is 6.20 Å². The molecule has 0 aliphatic carbocycles. The molecule has 0 spiro atoms. The van der Waals surface area contributed by atoms with Gasteiger partial charge in [-0.05, 0) is 26.0 Å². The molecule has 0 aromatic carbocycles. The van der Waals surface area contributed by atoms with Crippen LogP contribution in [-0.2, 0) is 6.42 Å². The van der Waals surface area contributed by atoms with Crippen LogP contribution in [0.15, 0.2) is 18.3 Å². The Hall–Kier alpha value is -1.68. The Balaban J connectivity index is 2.40. The van der Waals surface area contributed by atoms with Gasteiger partial charge in [-0.25, -0.2) is 4.98 Å². The SMILES string of the molecule is CCc1nc(Cl)c(C)c(Oc2cccnc2C)n1. The standard InChI is InChI=1S/C13H14ClN3O/c1-4-11-16-12(14)8(2)13(17-11)18-10-6-5-7-15-9(10)3/h5-7H,4H2,1-3H3. The summed E-state index contributed by atoms with van der Waals surface area (Å²) in [4.78, 5) is 12.7. The smallest absolute Gasteiger partial charge is 0.227 e. The zero-order valence-electron chi connectivity index (χ0n) is 10.6. The second-order valence-electron chi connectivity index (χ2n) is 3.90. The molecule has 0 aliphatic heterocycles. The van der Waals surface area contributed by atoms with Crippen LogP contribution < -0.4 is 4.74 Å². The van der Waals surface area contributed by atoms with E-state index in [4.69, 9.17) is 16.3 Å². The number of ether oxygens (including phenoxy) is 1. The van der Waals surface area contributed by atoms with E-state index >= 15 is 0 Å². The van der Waals surface area contributed by atoms with E-state index in [0.29, 0.717) is 29.0 Å². The number of aryl methyl sites for hydroxylation is 2. The van der Waals surface area contributed by atoms with E-state index in [1.165, 1.54) is 0 Å². The Morgan fingerprint density at radius 3 is 2.72 bits per heavy atom. The topological polar surface area (TPSA) is 47.9 Å². The zero-order valence-corrected chi connectivity index (χ0v) is 11.3. The minimum Gasteiger partial charge on any atom is -0.437 e. The van der Waals surface area contributed by atoms with Gasteiger partial charge in [0.05, 0.1) is 5.69 Å². The molecule has 0 amide bonds. The lowest BCUT2D eigenvalue weighted by atomic mass is 10.3. The third-order valence-electron chi connectivity index (χ3n) is 2.57. The fourth-order valence-electron chi connectivity index (χ4n) is 1.45. The van der Waals surface area contributed by atoms with Crippen LogP contribution >= 0.6 is 11.6 Å². The summed E-state index contributed by atoms with van der Waals surface area (Å²) in [5, 5.41) is 0.429. The molecule has 18 heavy (non-hydrogen) atoms. The summed E-state index contributed by atoms with van der Waals surface area (Å²) in [6, 6.07) is 3.67. The molecule has 2 rings (SSSR count). The molecule has 0 saturated carbocycles. The minimum absolute atomic E-state index is 0.429. The van der Waals surface area contributed by atoms with Crippen LogP contribution in [0.5, 0.6) is 11.6 Å². The van der Waals surface area contributed by atoms with Crippen molar-refractivity contribution in [3.63, 3.8) is 0 Å². The summed E-state index contributed by atoms with van der Waals surface area (Å²) >= 11 is 6.06. The van der Waals surface area contributed by atoms with Gasteiger partial charge in [-0.15, -0.1) is 0 Å². The zero-order chi connectivity index (χ0) is 13.1. The number of halogens is 1. The molecule has 0 radical (unpaired) electrons. The second kappa shape index (κ2) is 5.31. The Bertz CT molecular complexity index is 572. The highest BCUT2D eigenvalue weighted by atomic mass is 35.5. The first-order chi connectivity index (χ1) is 8.61. The first-order valence-corrected chi connectivity index (χ1v) is 6.12. The van der Waals surface area contributed by atoms with Crippen molar-refractivity contribution in [1.29, 1.82) is 0 Å². The summed E-state index contributed by atoms with van der Waals surface area (Å²) in [6.07, 6.45) is 2.43. The monoisotopic (exact) mass is 263 g/mol. The Morgan fingerprint density at radius 1 is 1.28 bits per heavy atom. The molecule has 94 valence electrons. The lowest BCUT2D eigenvalue weighted by molar-refractivity contribution is 0.448. The highest BCUT2D eigenvalue weighted by Gasteiger charge is 2.11. The maximum absolute atomic E-state index is 6.06. The Morgan fingerprint density at radius 2 is 2.06 bits per heavy atom. The van der Waals surface area contributed by atoms with Gasteiger partial charge >= 0.3 is 0 Å². The molecule has 0 saturated heterocycles. The molecule has 2 aromatic heterocycles. The van der Waals surface area contributed by atoms with Gasteiger partial charge in [0.15, 0.2) is 5.75 Å². The molecule has 0 unspecified atom stereocenters. The van der Waals surface area contributed by atoms with Crippen molar-refractivity contribution < 1.29 is 4.74 Å². The Labute approximate surface area is 111 Å². The predicted octanol–water partition coefficient (Wildman–Crippen LogP) is 3.50. The van der Waals surface area contributed by atoms with Gasteiger partial charge in [-0.2, -0.15) is 4.98 Å². The second-order valence-corrected chi connectivity index (χ2v) is 4.26. The van der Waals surface area contributed by atoms with Gasteiger partial charge in [0, 0.05) is 18.2 Å². The van der Waals surface area contributed by atoms with Crippen molar-refractivity contribution in [3.8, 4) is 11.6 Å². The summed E-state index contributed by atoms with van der Waals surface area (Å²) in [5.41, 5.74) is 1.54. The van der Waals surface area contributed by atoms with Crippen molar-refractivity contribution in [2.75, 3.05) is 0 Å². The van der Waals surface area contributed by atoms with Crippen LogP contribution in [-0.4, -0.2) is 15.0 Å². The number of nitrogens with zero attached hydrogens (tertiary/aromatic N) is 3. The summed E-state index contributed by atoms with van der Waals surface area (Å²) in [6.45, 7) is 5.69. The average molecular weight is 264 g/mol. The average Bonchev–Trinajstić information content (AvgIpc) is 2.37. The number of rotatable bonds is 3. The predicted molar refractivity (Wildman–Crippen MR) is 70.2 cm³/mol. The van der Waals surface area contributed by atoms with Crippen molar-refractivity contribution >= 4 is 11.6 Å². The van der Waals surface area contributed by atoms with Crippen LogP contribution in [0.25, 0.3) is 0 Å². The third kappa shape index (κ3) is 2.59. The molecule has 0 fully saturated rings. The van der Waals surface area contributed by atoms with E-state index in [0.717, 1.165) is 11.3 Å². The molecule has 0 N–H and O–H groups in total. The fourth-order valence-corrected chi connectivity index (χ4v) is 1.63. The Kier molecular flexibility index (Phi) is 3.77. The molecule has 0 atom stereocenters. The minimum atomic E-state index is 0.429. The van der Waals surface area contributed by atoms with Gasteiger partial charge in [-0.3, -0.25) is 4.98 Å². The molecular formula is C13H14ClN3O. The van der Waals surface area contributed by atoms with Gasteiger partial charge in [0.2, 0.25) is 5.88 Å². The molecule has 0 bridgehead atoms. The van der Waals surface area contributed by atoms with Crippen LogP contribution in [0.1, 0.15) is 24.0 Å². The molecule has 2 heterocycles. The van der Waals surface area contributed by atoms with Crippen molar-refractivity contribution in [2.24, 2.45) is 0 Å². The maximum atomic E-state index is 6.06. The first kappa shape index (κ1) is 12.8. The lowest BCUT2D eigenvalue weighted by Gasteiger charge is -2.10. The van der Waals surface area contributed by atoms with Gasteiger partial charge in [-0.1, -0.05) is 18.5 Å². The van der Waals surface area contributed by atoms with Gasteiger partial charge in [0.25, 0.3) is 0 Å². The van der Waals surface area contributed by atoms with E-state index < -0.39 is 0 Å². The third-order valence-corrected chi connectivity index (χ3v) is 2.94. The van der Waals surface area contributed by atoms with E-state index in [2.05, 4.69) is 15.0 Å². The number of aromatic nitrogens is 3. The number of hydrogen-bond donors (Lipinski definition) is 0. The van der Waals surface area contributed by atoms with E-state index in [9.17, 15) is 0 Å². The molecular weight excluding hydrogens is 250 g/mol. The lowest BCUT2D eigenvalue weighted by Crippen LogP contribution is -2.01. The van der Waals surface area contributed by atoms with Crippen molar-refractivity contribution in [1.82, 2.24) is 15.0 Å². The maximum Gasteiger partial charge on any atom is 0.227 e. The molecule has 2 aromatic rings. The summed E-state index contributed by atoms with van der Waals surface area (Å²) < 4.78 is 5.77. The molecule has 0 aliphatic rings. The number of pyridine rings is 1. The number of hydrogen-bond acceptors (Lipinski definition) is 4. The highest BCUT2D eigenvalue weighted by Crippen LogP contribution is 2.28. The quantitative estimate of drug-likeness (QED) is 0.796. The van der Waals surface area contributed by atoms with Gasteiger partial charge in [0.1, 0.15) is 11.0 Å². The van der Waals surface area contributed by atoms with Crippen molar-refractivity contribution in [3.05, 3.63) is 40.6 Å². The van der Waals surface area contributed by atoms with Crippen LogP contribution in [0.3, 0.4) is 0 Å². The van der Waals surface area contributed by atoms with Gasteiger partial charge < -0.3 is 4.74 Å². The normalized spacial score (nSPS) is 10.4. The fraction of sp³-hybridized carbons (Fsp3) is 0.308. The molecule has 5 heteroatoms. The molecule has 4 nitrogen and oxygen atoms in total.